The molecule has 2 N–H and O–H groups in total. The summed E-state index contributed by atoms with van der Waals surface area (Å²) in [6.45, 7) is 2.52. The van der Waals surface area contributed by atoms with Crippen LogP contribution in [0, 0.1) is 0 Å². The lowest BCUT2D eigenvalue weighted by molar-refractivity contribution is 0.251. The number of aromatic nitrogens is 2. The zero-order valence-electron chi connectivity index (χ0n) is 13.7. The lowest BCUT2D eigenvalue weighted by atomic mass is 10.2. The Hall–Kier alpha value is -2.83. The summed E-state index contributed by atoms with van der Waals surface area (Å²) < 4.78 is 5.11. The Kier molecular flexibility index (Phi) is 5.10. The number of amides is 2. The minimum atomic E-state index is -0.305. The molecule has 3 heterocycles. The highest BCUT2D eigenvalue weighted by atomic mass is 16.5. The molecule has 7 heteroatoms. The Balaban J connectivity index is 1.57. The fourth-order valence-electron chi connectivity index (χ4n) is 2.69. The number of ether oxygens (including phenoxy) is 1. The number of methoxy groups -OCH3 is 1. The van der Waals surface area contributed by atoms with Crippen molar-refractivity contribution in [3.63, 3.8) is 0 Å². The molecule has 7 nitrogen and oxygen atoms in total. The first kappa shape index (κ1) is 16.0. The van der Waals surface area contributed by atoms with Crippen LogP contribution in [0.5, 0.6) is 5.88 Å². The highest BCUT2D eigenvalue weighted by molar-refractivity contribution is 5.90. The van der Waals surface area contributed by atoms with Gasteiger partial charge in [-0.1, -0.05) is 0 Å². The molecule has 0 bridgehead atoms. The molecule has 0 aliphatic carbocycles. The van der Waals surface area contributed by atoms with Gasteiger partial charge in [-0.2, -0.15) is 0 Å². The number of pyridine rings is 2. The van der Waals surface area contributed by atoms with Gasteiger partial charge in [0.1, 0.15) is 11.5 Å². The van der Waals surface area contributed by atoms with Crippen molar-refractivity contribution in [1.29, 1.82) is 0 Å². The first-order valence-electron chi connectivity index (χ1n) is 8.00. The molecule has 1 aliphatic rings. The van der Waals surface area contributed by atoms with Crippen LogP contribution in [0.3, 0.4) is 0 Å². The van der Waals surface area contributed by atoms with Crippen LogP contribution < -0.4 is 20.3 Å². The Bertz CT molecular complexity index is 701. The van der Waals surface area contributed by atoms with E-state index < -0.39 is 0 Å². The smallest absolute Gasteiger partial charge is 0.319 e. The van der Waals surface area contributed by atoms with Crippen LogP contribution in [0.25, 0.3) is 0 Å². The van der Waals surface area contributed by atoms with E-state index in [4.69, 9.17) is 4.74 Å². The van der Waals surface area contributed by atoms with Gasteiger partial charge in [0.25, 0.3) is 0 Å². The monoisotopic (exact) mass is 327 g/mol. The first-order chi connectivity index (χ1) is 11.8. The Morgan fingerprint density at radius 3 is 2.88 bits per heavy atom. The van der Waals surface area contributed by atoms with Crippen LogP contribution in [-0.4, -0.2) is 36.2 Å². The van der Waals surface area contributed by atoms with Crippen molar-refractivity contribution in [2.24, 2.45) is 0 Å². The molecule has 0 spiro atoms. The second-order valence-electron chi connectivity index (χ2n) is 5.58. The molecule has 1 aliphatic heterocycles. The van der Waals surface area contributed by atoms with Gasteiger partial charge in [-0.25, -0.2) is 14.8 Å². The fourth-order valence-corrected chi connectivity index (χ4v) is 2.69. The molecule has 1 fully saturated rings. The molecule has 0 radical (unpaired) electrons. The largest absolute Gasteiger partial charge is 0.480 e. The van der Waals surface area contributed by atoms with Crippen molar-refractivity contribution in [2.75, 3.05) is 30.4 Å². The molecular weight excluding hydrogens is 306 g/mol. The van der Waals surface area contributed by atoms with E-state index in [-0.39, 0.29) is 6.03 Å². The van der Waals surface area contributed by atoms with Gasteiger partial charge in [0.2, 0.25) is 5.88 Å². The zero-order valence-corrected chi connectivity index (χ0v) is 13.7. The summed E-state index contributed by atoms with van der Waals surface area (Å²) in [5.74, 6) is 1.36. The number of hydrogen-bond acceptors (Lipinski definition) is 5. The van der Waals surface area contributed by atoms with E-state index >= 15 is 0 Å². The lowest BCUT2D eigenvalue weighted by Gasteiger charge is -2.17. The maximum absolute atomic E-state index is 12.1. The van der Waals surface area contributed by atoms with E-state index in [1.807, 2.05) is 12.1 Å². The molecule has 2 aromatic heterocycles. The van der Waals surface area contributed by atoms with Crippen LogP contribution in [0.2, 0.25) is 0 Å². The number of urea groups is 1. The van der Waals surface area contributed by atoms with Crippen LogP contribution in [0.1, 0.15) is 18.4 Å². The minimum Gasteiger partial charge on any atom is -0.480 e. The summed E-state index contributed by atoms with van der Waals surface area (Å²) in [5, 5.41) is 5.57. The number of nitrogens with one attached hydrogen (secondary N) is 2. The number of nitrogens with zero attached hydrogens (tertiary/aromatic N) is 3. The third kappa shape index (κ3) is 3.92. The van der Waals surface area contributed by atoms with Gasteiger partial charge in [0.15, 0.2) is 0 Å². The molecule has 0 saturated carbocycles. The number of anilines is 2. The van der Waals surface area contributed by atoms with E-state index in [0.717, 1.165) is 24.5 Å². The average Bonchev–Trinajstić information content (AvgIpc) is 3.15. The van der Waals surface area contributed by atoms with E-state index in [1.165, 1.54) is 20.0 Å². The van der Waals surface area contributed by atoms with Gasteiger partial charge in [-0.3, -0.25) is 0 Å². The third-order valence-corrected chi connectivity index (χ3v) is 3.91. The van der Waals surface area contributed by atoms with Crippen LogP contribution >= 0.6 is 0 Å². The predicted molar refractivity (Wildman–Crippen MR) is 92.3 cm³/mol. The van der Waals surface area contributed by atoms with Crippen LogP contribution in [0.15, 0.2) is 36.7 Å². The number of hydrogen-bond donors (Lipinski definition) is 2. The van der Waals surface area contributed by atoms with Crippen LogP contribution in [-0.2, 0) is 6.54 Å². The van der Waals surface area contributed by atoms with Crippen molar-refractivity contribution < 1.29 is 9.53 Å². The minimum absolute atomic E-state index is 0.305. The summed E-state index contributed by atoms with van der Waals surface area (Å²) in [6.07, 6.45) is 5.81. The molecule has 126 valence electrons. The van der Waals surface area contributed by atoms with Crippen LogP contribution in [0.4, 0.5) is 16.3 Å². The molecule has 2 amide bonds. The molecule has 24 heavy (non-hydrogen) atoms. The highest BCUT2D eigenvalue weighted by Gasteiger charge is 2.14. The summed E-state index contributed by atoms with van der Waals surface area (Å²) in [4.78, 5) is 22.8. The van der Waals surface area contributed by atoms with Gasteiger partial charge in [-0.15, -0.1) is 0 Å². The maximum Gasteiger partial charge on any atom is 0.319 e. The highest BCUT2D eigenvalue weighted by Crippen LogP contribution is 2.20. The van der Waals surface area contributed by atoms with Gasteiger partial charge in [-0.05, 0) is 42.7 Å². The second kappa shape index (κ2) is 7.63. The standard InChI is InChI=1S/C17H21N5O2/c1-24-16-14(5-4-7-19-16)21-17(23)20-12-13-6-8-18-15(11-13)22-9-2-3-10-22/h4-8,11H,2-3,9-10,12H2,1H3,(H2,20,21,23). The van der Waals surface area contributed by atoms with Gasteiger partial charge < -0.3 is 20.3 Å². The lowest BCUT2D eigenvalue weighted by Crippen LogP contribution is -2.28. The number of carbonyl (C=O) groups is 1. The first-order valence-corrected chi connectivity index (χ1v) is 8.00. The van der Waals surface area contributed by atoms with Crippen molar-refractivity contribution in [3.8, 4) is 5.88 Å². The van der Waals surface area contributed by atoms with Gasteiger partial charge >= 0.3 is 6.03 Å². The van der Waals surface area contributed by atoms with Gasteiger partial charge in [0.05, 0.1) is 7.11 Å². The SMILES string of the molecule is COc1ncccc1NC(=O)NCc1ccnc(N2CCCC2)c1. The molecule has 0 unspecified atom stereocenters. The Morgan fingerprint density at radius 2 is 2.08 bits per heavy atom. The van der Waals surface area contributed by atoms with E-state index in [0.29, 0.717) is 18.1 Å². The number of rotatable bonds is 5. The predicted octanol–water partition coefficient (Wildman–Crippen LogP) is 2.41. The van der Waals surface area contributed by atoms with E-state index in [2.05, 4.69) is 25.5 Å². The third-order valence-electron chi connectivity index (χ3n) is 3.91. The second-order valence-corrected chi connectivity index (χ2v) is 5.58. The molecule has 3 rings (SSSR count). The summed E-state index contributed by atoms with van der Waals surface area (Å²) >= 11 is 0. The normalized spacial score (nSPS) is 13.6. The van der Waals surface area contributed by atoms with E-state index in [9.17, 15) is 4.79 Å². The molecule has 2 aromatic rings. The van der Waals surface area contributed by atoms with E-state index in [1.54, 1.807) is 24.5 Å². The maximum atomic E-state index is 12.1. The summed E-state index contributed by atoms with van der Waals surface area (Å²) in [5.41, 5.74) is 1.55. The summed E-state index contributed by atoms with van der Waals surface area (Å²) in [6, 6.07) is 7.11. The summed E-state index contributed by atoms with van der Waals surface area (Å²) in [7, 11) is 1.52. The molecule has 0 atom stereocenters. The van der Waals surface area contributed by atoms with Crippen molar-refractivity contribution >= 4 is 17.5 Å². The fraction of sp³-hybridized carbons (Fsp3) is 0.353. The average molecular weight is 327 g/mol. The molecular formula is C17H21N5O2. The Labute approximate surface area is 141 Å². The topological polar surface area (TPSA) is 79.4 Å². The van der Waals surface area contributed by atoms with Crippen molar-refractivity contribution in [1.82, 2.24) is 15.3 Å². The molecule has 1 saturated heterocycles. The number of carbonyl (C=O) groups excluding carboxylic acids is 1. The zero-order chi connectivity index (χ0) is 16.8. The van der Waals surface area contributed by atoms with Gasteiger partial charge in [0, 0.05) is 32.0 Å². The van der Waals surface area contributed by atoms with Crippen molar-refractivity contribution in [2.45, 2.75) is 19.4 Å². The molecule has 0 aromatic carbocycles. The Morgan fingerprint density at radius 1 is 1.25 bits per heavy atom. The van der Waals surface area contributed by atoms with Crippen molar-refractivity contribution in [3.05, 3.63) is 42.2 Å². The quantitative estimate of drug-likeness (QED) is 0.881.